The van der Waals surface area contributed by atoms with E-state index in [0.29, 0.717) is 12.0 Å². The maximum absolute atomic E-state index is 12.5. The SMILES string of the molecule is CCCCCCCCCCCC(=O)OCC(C)(C)CC1=C(O)c2ccccc2C(=O)C1=O. The molecule has 0 heterocycles. The summed E-state index contributed by atoms with van der Waals surface area (Å²) in [5.41, 5.74) is 0.113. The number of hydrogen-bond donors (Lipinski definition) is 1. The molecule has 0 saturated carbocycles. The third kappa shape index (κ3) is 7.61. The van der Waals surface area contributed by atoms with E-state index in [1.165, 1.54) is 38.5 Å². The minimum Gasteiger partial charge on any atom is -0.507 e. The number of ketones is 2. The average Bonchev–Trinajstić information content (AvgIpc) is 2.78. The van der Waals surface area contributed by atoms with Crippen molar-refractivity contribution in [1.29, 1.82) is 0 Å². The van der Waals surface area contributed by atoms with Gasteiger partial charge < -0.3 is 9.84 Å². The topological polar surface area (TPSA) is 80.7 Å². The van der Waals surface area contributed by atoms with E-state index in [4.69, 9.17) is 4.74 Å². The second kappa shape index (κ2) is 12.6. The predicted molar refractivity (Wildman–Crippen MR) is 127 cm³/mol. The van der Waals surface area contributed by atoms with Crippen molar-refractivity contribution >= 4 is 23.3 Å². The number of carbonyl (C=O) groups excluding carboxylic acids is 3. The standard InChI is InChI=1S/C27H38O5/c1-4-5-6-7-8-9-10-11-12-17-23(28)32-19-27(2,3)18-22-24(29)20-15-13-14-16-21(20)25(30)26(22)31/h13-16,29H,4-12,17-19H2,1-3H3. The zero-order chi connectivity index (χ0) is 23.6. The summed E-state index contributed by atoms with van der Waals surface area (Å²) in [6, 6.07) is 6.56. The van der Waals surface area contributed by atoms with Gasteiger partial charge in [-0.1, -0.05) is 96.4 Å². The normalized spacial score (nSPS) is 14.0. The van der Waals surface area contributed by atoms with Crippen LogP contribution in [0.3, 0.4) is 0 Å². The van der Waals surface area contributed by atoms with Crippen molar-refractivity contribution in [3.05, 3.63) is 41.0 Å². The van der Waals surface area contributed by atoms with Gasteiger partial charge in [-0.2, -0.15) is 0 Å². The van der Waals surface area contributed by atoms with Crippen LogP contribution >= 0.6 is 0 Å². The number of benzene rings is 1. The summed E-state index contributed by atoms with van der Waals surface area (Å²) in [6.45, 7) is 6.06. The zero-order valence-corrected chi connectivity index (χ0v) is 19.9. The molecule has 176 valence electrons. The summed E-state index contributed by atoms with van der Waals surface area (Å²) in [5.74, 6) is -1.68. The van der Waals surface area contributed by atoms with E-state index < -0.39 is 17.0 Å². The fourth-order valence-corrected chi connectivity index (χ4v) is 4.04. The summed E-state index contributed by atoms with van der Waals surface area (Å²) >= 11 is 0. The van der Waals surface area contributed by atoms with Gasteiger partial charge in [-0.3, -0.25) is 14.4 Å². The van der Waals surface area contributed by atoms with Crippen molar-refractivity contribution in [3.63, 3.8) is 0 Å². The van der Waals surface area contributed by atoms with E-state index in [1.54, 1.807) is 24.3 Å². The number of ether oxygens (including phenoxy) is 1. The van der Waals surface area contributed by atoms with Crippen LogP contribution < -0.4 is 0 Å². The van der Waals surface area contributed by atoms with E-state index >= 15 is 0 Å². The van der Waals surface area contributed by atoms with E-state index in [1.807, 2.05) is 13.8 Å². The Morgan fingerprint density at radius 2 is 1.44 bits per heavy atom. The Labute approximate surface area is 192 Å². The van der Waals surface area contributed by atoms with Crippen molar-refractivity contribution < 1.29 is 24.2 Å². The van der Waals surface area contributed by atoms with Gasteiger partial charge in [0, 0.05) is 28.5 Å². The number of Topliss-reactive ketones (excluding diaryl/α,β-unsaturated/α-hetero) is 2. The summed E-state index contributed by atoms with van der Waals surface area (Å²) < 4.78 is 5.45. The molecule has 1 aliphatic rings. The van der Waals surface area contributed by atoms with Crippen molar-refractivity contribution in [2.75, 3.05) is 6.61 Å². The highest BCUT2D eigenvalue weighted by Gasteiger charge is 2.36. The van der Waals surface area contributed by atoms with Gasteiger partial charge in [-0.05, 0) is 12.8 Å². The highest BCUT2D eigenvalue weighted by atomic mass is 16.5. The maximum atomic E-state index is 12.5. The fourth-order valence-electron chi connectivity index (χ4n) is 4.04. The Morgan fingerprint density at radius 1 is 0.875 bits per heavy atom. The number of aliphatic hydroxyl groups is 1. The number of fused-ring (bicyclic) bond motifs is 1. The molecule has 5 nitrogen and oxygen atoms in total. The van der Waals surface area contributed by atoms with Gasteiger partial charge in [0.05, 0.1) is 6.61 Å². The van der Waals surface area contributed by atoms with Crippen LogP contribution in [-0.4, -0.2) is 29.2 Å². The minimum atomic E-state index is -0.685. The molecule has 1 aromatic rings. The monoisotopic (exact) mass is 442 g/mol. The van der Waals surface area contributed by atoms with Crippen LogP contribution in [0.15, 0.2) is 29.8 Å². The molecule has 0 aliphatic heterocycles. The largest absolute Gasteiger partial charge is 0.507 e. The van der Waals surface area contributed by atoms with Crippen molar-refractivity contribution in [2.45, 2.75) is 91.4 Å². The molecule has 32 heavy (non-hydrogen) atoms. The van der Waals surface area contributed by atoms with Crippen molar-refractivity contribution in [1.82, 2.24) is 0 Å². The molecule has 0 saturated heterocycles. The average molecular weight is 443 g/mol. The molecular formula is C27H38O5. The first kappa shape index (κ1) is 25.8. The minimum absolute atomic E-state index is 0.0914. The number of rotatable bonds is 14. The maximum Gasteiger partial charge on any atom is 0.305 e. The number of aliphatic hydroxyl groups excluding tert-OH is 1. The molecule has 0 radical (unpaired) electrons. The Balaban J connectivity index is 1.76. The molecule has 5 heteroatoms. The van der Waals surface area contributed by atoms with E-state index in [2.05, 4.69) is 6.92 Å². The zero-order valence-electron chi connectivity index (χ0n) is 19.9. The first-order chi connectivity index (χ1) is 15.3. The smallest absolute Gasteiger partial charge is 0.305 e. The van der Waals surface area contributed by atoms with Gasteiger partial charge >= 0.3 is 5.97 Å². The van der Waals surface area contributed by atoms with E-state index in [0.717, 1.165) is 19.3 Å². The number of esters is 1. The van der Waals surface area contributed by atoms with Crippen LogP contribution in [0, 0.1) is 5.41 Å². The van der Waals surface area contributed by atoms with Gasteiger partial charge in [0.1, 0.15) is 5.76 Å². The molecule has 0 spiro atoms. The van der Waals surface area contributed by atoms with Crippen LogP contribution in [0.2, 0.25) is 0 Å². The highest BCUT2D eigenvalue weighted by Crippen LogP contribution is 2.35. The first-order valence-electron chi connectivity index (χ1n) is 12.0. The predicted octanol–water partition coefficient (Wildman–Crippen LogP) is 6.60. The van der Waals surface area contributed by atoms with E-state index in [9.17, 15) is 19.5 Å². The van der Waals surface area contributed by atoms with Crippen LogP contribution in [0.4, 0.5) is 0 Å². The Morgan fingerprint density at radius 3 is 2.06 bits per heavy atom. The number of allylic oxidation sites excluding steroid dienone is 1. The van der Waals surface area contributed by atoms with Crippen LogP contribution in [0.5, 0.6) is 0 Å². The Hall–Kier alpha value is -2.43. The number of unbranched alkanes of at least 4 members (excludes halogenated alkanes) is 8. The Kier molecular flexibility index (Phi) is 10.1. The molecule has 0 fully saturated rings. The third-order valence-corrected chi connectivity index (χ3v) is 5.96. The highest BCUT2D eigenvalue weighted by molar-refractivity contribution is 6.52. The van der Waals surface area contributed by atoms with Gasteiger partial charge in [-0.15, -0.1) is 0 Å². The van der Waals surface area contributed by atoms with Crippen LogP contribution in [0.1, 0.15) is 107 Å². The molecule has 0 bridgehead atoms. The van der Waals surface area contributed by atoms with Crippen molar-refractivity contribution in [2.24, 2.45) is 5.41 Å². The van der Waals surface area contributed by atoms with Crippen molar-refractivity contribution in [3.8, 4) is 0 Å². The van der Waals surface area contributed by atoms with Crippen LogP contribution in [0.25, 0.3) is 5.76 Å². The second-order valence-corrected chi connectivity index (χ2v) is 9.61. The molecule has 0 aromatic heterocycles. The lowest BCUT2D eigenvalue weighted by Gasteiger charge is -2.27. The quantitative estimate of drug-likeness (QED) is 0.199. The number of hydrogen-bond acceptors (Lipinski definition) is 5. The van der Waals surface area contributed by atoms with Crippen LogP contribution in [-0.2, 0) is 14.3 Å². The van der Waals surface area contributed by atoms with Gasteiger partial charge in [0.15, 0.2) is 0 Å². The lowest BCUT2D eigenvalue weighted by atomic mass is 9.79. The molecule has 0 amide bonds. The molecule has 1 aromatic carbocycles. The lowest BCUT2D eigenvalue weighted by molar-refractivity contribution is -0.146. The molecule has 1 aliphatic carbocycles. The fraction of sp³-hybridized carbons (Fsp3) is 0.593. The van der Waals surface area contributed by atoms with E-state index in [-0.39, 0.29) is 35.9 Å². The first-order valence-corrected chi connectivity index (χ1v) is 12.0. The lowest BCUT2D eigenvalue weighted by Crippen LogP contribution is -2.29. The summed E-state index contributed by atoms with van der Waals surface area (Å²) in [6.07, 6.45) is 11.2. The summed E-state index contributed by atoms with van der Waals surface area (Å²) in [4.78, 5) is 37.1. The number of carbonyl (C=O) groups is 3. The van der Waals surface area contributed by atoms with Gasteiger partial charge in [0.2, 0.25) is 11.6 Å². The molecule has 0 atom stereocenters. The Bertz CT molecular complexity index is 834. The van der Waals surface area contributed by atoms with Gasteiger partial charge in [0.25, 0.3) is 0 Å². The molecular weight excluding hydrogens is 404 g/mol. The second-order valence-electron chi connectivity index (χ2n) is 9.61. The van der Waals surface area contributed by atoms with Gasteiger partial charge in [-0.25, -0.2) is 0 Å². The molecule has 1 N–H and O–H groups in total. The molecule has 0 unspecified atom stereocenters. The summed E-state index contributed by atoms with van der Waals surface area (Å²) in [7, 11) is 0. The molecule has 2 rings (SSSR count). The third-order valence-electron chi connectivity index (χ3n) is 5.96. The summed E-state index contributed by atoms with van der Waals surface area (Å²) in [5, 5.41) is 10.6.